The maximum absolute atomic E-state index is 10.2. The molecule has 0 aromatic carbocycles. The van der Waals surface area contributed by atoms with E-state index in [4.69, 9.17) is 5.11 Å². The van der Waals surface area contributed by atoms with Gasteiger partial charge in [-0.1, -0.05) is 12.2 Å². The molecule has 1 rings (SSSR count). The van der Waals surface area contributed by atoms with Gasteiger partial charge in [0.05, 0.1) is 12.5 Å². The molecule has 0 aromatic rings. The van der Waals surface area contributed by atoms with Crippen LogP contribution >= 0.6 is 0 Å². The molecule has 3 nitrogen and oxygen atoms in total. The van der Waals surface area contributed by atoms with Gasteiger partial charge in [0.25, 0.3) is 0 Å². The number of rotatable bonds is 2. The van der Waals surface area contributed by atoms with Gasteiger partial charge in [0.1, 0.15) is 0 Å². The first-order valence-electron chi connectivity index (χ1n) is 3.10. The van der Waals surface area contributed by atoms with Crippen LogP contribution in [0.3, 0.4) is 0 Å². The van der Waals surface area contributed by atoms with E-state index in [1.807, 2.05) is 18.2 Å². The van der Waals surface area contributed by atoms with Crippen LogP contribution in [0.2, 0.25) is 0 Å². The molecular formula is C7H9NO2. The van der Waals surface area contributed by atoms with E-state index in [1.54, 1.807) is 6.20 Å². The van der Waals surface area contributed by atoms with Crippen molar-refractivity contribution in [2.24, 2.45) is 0 Å². The quantitative estimate of drug-likeness (QED) is 0.585. The van der Waals surface area contributed by atoms with Gasteiger partial charge in [-0.2, -0.15) is 0 Å². The molecule has 0 spiro atoms. The van der Waals surface area contributed by atoms with Gasteiger partial charge in [-0.05, 0) is 12.3 Å². The van der Waals surface area contributed by atoms with Crippen molar-refractivity contribution in [2.45, 2.75) is 12.5 Å². The first-order chi connectivity index (χ1) is 4.79. The molecule has 1 aliphatic heterocycles. The fourth-order valence-corrected chi connectivity index (χ4v) is 0.804. The second kappa shape index (κ2) is 3.06. The third-order valence-corrected chi connectivity index (χ3v) is 1.26. The minimum atomic E-state index is -0.780. The highest BCUT2D eigenvalue weighted by molar-refractivity contribution is 5.68. The zero-order valence-electron chi connectivity index (χ0n) is 5.45. The Morgan fingerprint density at radius 2 is 2.40 bits per heavy atom. The number of dihydropyridines is 1. The molecule has 0 fully saturated rings. The number of nitrogens with one attached hydrogen (secondary N) is 1. The third-order valence-electron chi connectivity index (χ3n) is 1.26. The summed E-state index contributed by atoms with van der Waals surface area (Å²) >= 11 is 0. The van der Waals surface area contributed by atoms with Crippen molar-refractivity contribution < 1.29 is 9.90 Å². The summed E-state index contributed by atoms with van der Waals surface area (Å²) in [5.41, 5.74) is 0. The molecule has 0 bridgehead atoms. The van der Waals surface area contributed by atoms with Crippen molar-refractivity contribution in [3.63, 3.8) is 0 Å². The second-order valence-electron chi connectivity index (χ2n) is 2.12. The molecule has 1 atom stereocenters. The molecule has 0 radical (unpaired) electrons. The smallest absolute Gasteiger partial charge is 0.305 e. The van der Waals surface area contributed by atoms with E-state index >= 15 is 0 Å². The number of carbonyl (C=O) groups is 1. The van der Waals surface area contributed by atoms with Crippen LogP contribution in [0.1, 0.15) is 6.42 Å². The third kappa shape index (κ3) is 1.93. The molecule has 1 aliphatic rings. The average molecular weight is 139 g/mol. The molecule has 0 amide bonds. The Morgan fingerprint density at radius 1 is 1.60 bits per heavy atom. The van der Waals surface area contributed by atoms with Crippen LogP contribution < -0.4 is 5.32 Å². The van der Waals surface area contributed by atoms with Crippen molar-refractivity contribution in [3.8, 4) is 0 Å². The van der Waals surface area contributed by atoms with Crippen LogP contribution in [0.15, 0.2) is 24.4 Å². The molecule has 0 saturated heterocycles. The molecule has 54 valence electrons. The van der Waals surface area contributed by atoms with Crippen molar-refractivity contribution in [3.05, 3.63) is 24.4 Å². The molecule has 10 heavy (non-hydrogen) atoms. The molecule has 2 N–H and O–H groups in total. The van der Waals surface area contributed by atoms with E-state index in [-0.39, 0.29) is 12.5 Å². The van der Waals surface area contributed by atoms with Gasteiger partial charge in [-0.25, -0.2) is 0 Å². The second-order valence-corrected chi connectivity index (χ2v) is 2.12. The molecule has 0 aliphatic carbocycles. The van der Waals surface area contributed by atoms with E-state index in [1.165, 1.54) is 0 Å². The Kier molecular flexibility index (Phi) is 2.10. The minimum Gasteiger partial charge on any atom is -0.481 e. The van der Waals surface area contributed by atoms with Gasteiger partial charge in [-0.3, -0.25) is 4.79 Å². The Bertz CT molecular complexity index is 184. The average Bonchev–Trinajstić information content (AvgIpc) is 1.88. The van der Waals surface area contributed by atoms with Crippen molar-refractivity contribution in [1.29, 1.82) is 0 Å². The lowest BCUT2D eigenvalue weighted by Gasteiger charge is -2.12. The van der Waals surface area contributed by atoms with Crippen LogP contribution in [-0.4, -0.2) is 17.1 Å². The Morgan fingerprint density at radius 3 is 2.90 bits per heavy atom. The number of carboxylic acids is 1. The molecule has 0 aromatic heterocycles. The Labute approximate surface area is 59.0 Å². The number of allylic oxidation sites excluding steroid dienone is 2. The van der Waals surface area contributed by atoms with E-state index in [2.05, 4.69) is 5.32 Å². The summed E-state index contributed by atoms with van der Waals surface area (Å²) in [5, 5.41) is 11.3. The van der Waals surface area contributed by atoms with Crippen LogP contribution in [0.4, 0.5) is 0 Å². The largest absolute Gasteiger partial charge is 0.481 e. The predicted octanol–water partition coefficient (Wildman–Crippen LogP) is 0.503. The summed E-state index contributed by atoms with van der Waals surface area (Å²) in [6, 6.07) is -0.0394. The van der Waals surface area contributed by atoms with Crippen LogP contribution in [0, 0.1) is 0 Å². The van der Waals surface area contributed by atoms with Crippen molar-refractivity contribution >= 4 is 5.97 Å². The number of hydrogen-bond acceptors (Lipinski definition) is 2. The van der Waals surface area contributed by atoms with E-state index < -0.39 is 5.97 Å². The number of hydrogen-bond donors (Lipinski definition) is 2. The van der Waals surface area contributed by atoms with Gasteiger partial charge >= 0.3 is 5.97 Å². The van der Waals surface area contributed by atoms with Gasteiger partial charge in [-0.15, -0.1) is 0 Å². The van der Waals surface area contributed by atoms with Gasteiger partial charge in [0, 0.05) is 0 Å². The topological polar surface area (TPSA) is 49.3 Å². The molecule has 0 saturated carbocycles. The highest BCUT2D eigenvalue weighted by Gasteiger charge is 2.07. The van der Waals surface area contributed by atoms with Crippen LogP contribution in [0.5, 0.6) is 0 Å². The van der Waals surface area contributed by atoms with Crippen LogP contribution in [0.25, 0.3) is 0 Å². The summed E-state index contributed by atoms with van der Waals surface area (Å²) in [6.45, 7) is 0. The van der Waals surface area contributed by atoms with Gasteiger partial charge in [0.15, 0.2) is 0 Å². The van der Waals surface area contributed by atoms with E-state index in [9.17, 15) is 4.79 Å². The molecule has 1 unspecified atom stereocenters. The van der Waals surface area contributed by atoms with E-state index in [0.717, 1.165) is 0 Å². The summed E-state index contributed by atoms with van der Waals surface area (Å²) in [6.07, 6.45) is 7.38. The molecule has 1 heterocycles. The van der Waals surface area contributed by atoms with Crippen molar-refractivity contribution in [1.82, 2.24) is 5.32 Å². The number of carboxylic acid groups (broad SMARTS) is 1. The molecular weight excluding hydrogens is 130 g/mol. The Hall–Kier alpha value is -1.25. The predicted molar refractivity (Wildman–Crippen MR) is 37.5 cm³/mol. The molecule has 3 heteroatoms. The fourth-order valence-electron chi connectivity index (χ4n) is 0.804. The lowest BCUT2D eigenvalue weighted by molar-refractivity contribution is -0.137. The lowest BCUT2D eigenvalue weighted by Crippen LogP contribution is -2.26. The normalized spacial score (nSPS) is 22.2. The highest BCUT2D eigenvalue weighted by Crippen LogP contribution is 1.98. The standard InChI is InChI=1S/C7H9NO2/c9-7(10)5-6-3-1-2-4-8-6/h1-4,6,8H,5H2,(H,9,10). The monoisotopic (exact) mass is 139 g/mol. The summed E-state index contributed by atoms with van der Waals surface area (Å²) in [7, 11) is 0. The first kappa shape index (κ1) is 6.86. The summed E-state index contributed by atoms with van der Waals surface area (Å²) in [5.74, 6) is -0.780. The van der Waals surface area contributed by atoms with Gasteiger partial charge < -0.3 is 10.4 Å². The minimum absolute atomic E-state index is 0.0394. The first-order valence-corrected chi connectivity index (χ1v) is 3.10. The fraction of sp³-hybridized carbons (Fsp3) is 0.286. The summed E-state index contributed by atoms with van der Waals surface area (Å²) < 4.78 is 0. The van der Waals surface area contributed by atoms with Gasteiger partial charge in [0.2, 0.25) is 0 Å². The zero-order valence-corrected chi connectivity index (χ0v) is 5.45. The SMILES string of the molecule is O=C(O)CC1C=CC=CN1. The zero-order chi connectivity index (χ0) is 7.40. The highest BCUT2D eigenvalue weighted by atomic mass is 16.4. The Balaban J connectivity index is 2.37. The summed E-state index contributed by atoms with van der Waals surface area (Å²) in [4.78, 5) is 10.2. The van der Waals surface area contributed by atoms with E-state index in [0.29, 0.717) is 0 Å². The number of aliphatic carboxylic acids is 1. The maximum atomic E-state index is 10.2. The maximum Gasteiger partial charge on any atom is 0.305 e. The lowest BCUT2D eigenvalue weighted by atomic mass is 10.1. The van der Waals surface area contributed by atoms with Crippen LogP contribution in [-0.2, 0) is 4.79 Å². The van der Waals surface area contributed by atoms with Crippen molar-refractivity contribution in [2.75, 3.05) is 0 Å².